The van der Waals surface area contributed by atoms with Crippen molar-refractivity contribution in [1.29, 1.82) is 0 Å². The molecule has 0 bridgehead atoms. The second kappa shape index (κ2) is 7.28. The van der Waals surface area contributed by atoms with Crippen LogP contribution in [0, 0.1) is 20.2 Å². The van der Waals surface area contributed by atoms with E-state index in [1.165, 1.54) is 12.1 Å². The van der Waals surface area contributed by atoms with Gasteiger partial charge in [0.1, 0.15) is 5.41 Å². The van der Waals surface area contributed by atoms with Gasteiger partial charge >= 0.3 is 17.3 Å². The van der Waals surface area contributed by atoms with Crippen LogP contribution in [0.15, 0.2) is 36.4 Å². The molecule has 142 valence electrons. The normalized spacial score (nSPS) is 11.1. The zero-order valence-electron chi connectivity index (χ0n) is 14.2. The largest absolute Gasteiger partial charge is 0.502 e. The third-order valence-corrected chi connectivity index (χ3v) is 4.30. The fraction of sp³-hybridized carbons (Fsp3) is 0.235. The van der Waals surface area contributed by atoms with E-state index >= 15 is 0 Å². The van der Waals surface area contributed by atoms with E-state index in [0.717, 1.165) is 24.3 Å². The average Bonchev–Trinajstić information content (AvgIpc) is 2.58. The van der Waals surface area contributed by atoms with Crippen LogP contribution in [-0.2, 0) is 10.2 Å². The Balaban J connectivity index is 3.05. The Labute approximate surface area is 152 Å². The van der Waals surface area contributed by atoms with Gasteiger partial charge in [0.2, 0.25) is 0 Å². The van der Waals surface area contributed by atoms with Crippen molar-refractivity contribution in [3.63, 3.8) is 0 Å². The van der Waals surface area contributed by atoms with Crippen LogP contribution < -0.4 is 0 Å². The lowest BCUT2D eigenvalue weighted by Gasteiger charge is -2.29. The molecule has 2 aromatic rings. The quantitative estimate of drug-likeness (QED) is 0.490. The van der Waals surface area contributed by atoms with Gasteiger partial charge in [-0.15, -0.1) is 0 Å². The highest BCUT2D eigenvalue weighted by Crippen LogP contribution is 2.49. The van der Waals surface area contributed by atoms with Crippen LogP contribution in [0.2, 0.25) is 0 Å². The third kappa shape index (κ3) is 3.12. The van der Waals surface area contributed by atoms with E-state index in [1.54, 1.807) is 6.92 Å². The minimum Gasteiger partial charge on any atom is -0.502 e. The molecule has 27 heavy (non-hydrogen) atoms. The van der Waals surface area contributed by atoms with E-state index in [2.05, 4.69) is 0 Å². The SMILES string of the molecule is CCCC(C(=O)O)(c1cccc(O)c1[N+](=O)[O-])c1cccc(O)c1[N+](=O)[O-]. The Hall–Kier alpha value is -3.69. The van der Waals surface area contributed by atoms with Crippen molar-refractivity contribution in [3.05, 3.63) is 67.8 Å². The Morgan fingerprint density at radius 1 is 0.963 bits per heavy atom. The molecule has 10 nitrogen and oxygen atoms in total. The maximum absolute atomic E-state index is 12.4. The number of carbonyl (C=O) groups is 1. The molecule has 0 spiro atoms. The summed E-state index contributed by atoms with van der Waals surface area (Å²) in [4.78, 5) is 33.5. The Bertz CT molecular complexity index is 862. The van der Waals surface area contributed by atoms with E-state index in [-0.39, 0.29) is 12.8 Å². The highest BCUT2D eigenvalue weighted by atomic mass is 16.6. The van der Waals surface area contributed by atoms with Crippen LogP contribution in [0.5, 0.6) is 11.5 Å². The first-order valence-corrected chi connectivity index (χ1v) is 7.85. The number of aromatic hydroxyl groups is 2. The van der Waals surface area contributed by atoms with Crippen LogP contribution >= 0.6 is 0 Å². The lowest BCUT2D eigenvalue weighted by atomic mass is 9.70. The number of phenols is 2. The predicted octanol–water partition coefficient (Wildman–Crippen LogP) is 3.09. The number of carboxylic acids is 1. The van der Waals surface area contributed by atoms with E-state index in [4.69, 9.17) is 0 Å². The predicted molar refractivity (Wildman–Crippen MR) is 92.8 cm³/mol. The fourth-order valence-corrected chi connectivity index (χ4v) is 3.26. The molecule has 0 unspecified atom stereocenters. The molecular formula is C17H16N2O8. The number of nitrogens with zero attached hydrogens (tertiary/aromatic N) is 2. The van der Waals surface area contributed by atoms with Crippen molar-refractivity contribution in [2.24, 2.45) is 0 Å². The van der Waals surface area contributed by atoms with Crippen molar-refractivity contribution in [1.82, 2.24) is 0 Å². The molecule has 0 radical (unpaired) electrons. The number of hydrogen-bond donors (Lipinski definition) is 3. The molecule has 2 rings (SSSR count). The Kier molecular flexibility index (Phi) is 5.29. The first-order valence-electron chi connectivity index (χ1n) is 7.85. The summed E-state index contributed by atoms with van der Waals surface area (Å²) in [6, 6.07) is 6.76. The highest BCUT2D eigenvalue weighted by Gasteiger charge is 2.50. The van der Waals surface area contributed by atoms with E-state index in [0.29, 0.717) is 0 Å². The Morgan fingerprint density at radius 2 is 1.37 bits per heavy atom. The van der Waals surface area contributed by atoms with Gasteiger partial charge in [-0.05, 0) is 18.6 Å². The summed E-state index contributed by atoms with van der Waals surface area (Å²) in [6.07, 6.45) is -0.0388. The third-order valence-electron chi connectivity index (χ3n) is 4.30. The highest BCUT2D eigenvalue weighted by molar-refractivity contribution is 5.90. The minimum absolute atomic E-state index is 0.200. The van der Waals surface area contributed by atoms with Crippen molar-refractivity contribution in [2.45, 2.75) is 25.2 Å². The Morgan fingerprint density at radius 3 is 1.67 bits per heavy atom. The van der Waals surface area contributed by atoms with Crippen molar-refractivity contribution in [3.8, 4) is 11.5 Å². The molecule has 2 aromatic carbocycles. The number of benzene rings is 2. The van der Waals surface area contributed by atoms with Crippen molar-refractivity contribution in [2.75, 3.05) is 0 Å². The number of aliphatic carboxylic acids is 1. The lowest BCUT2D eigenvalue weighted by Crippen LogP contribution is -2.38. The molecule has 0 aliphatic heterocycles. The van der Waals surface area contributed by atoms with Gasteiger partial charge in [-0.25, -0.2) is 0 Å². The second-order valence-electron chi connectivity index (χ2n) is 5.82. The number of nitro groups is 2. The van der Waals surface area contributed by atoms with Crippen LogP contribution in [0.1, 0.15) is 30.9 Å². The lowest BCUT2D eigenvalue weighted by molar-refractivity contribution is -0.388. The zero-order chi connectivity index (χ0) is 20.4. The summed E-state index contributed by atoms with van der Waals surface area (Å²) in [5.41, 5.74) is -4.75. The standard InChI is InChI=1S/C17H16N2O8/c1-2-9-17(16(22)23,10-5-3-7-12(20)14(10)18(24)25)11-6-4-8-13(21)15(11)19(26)27/h3-8,20-21H,2,9H2,1H3,(H,22,23). The topological polar surface area (TPSA) is 164 Å². The van der Waals surface area contributed by atoms with E-state index in [1.807, 2.05) is 0 Å². The molecule has 10 heteroatoms. The number of nitro benzene ring substituents is 2. The summed E-state index contributed by atoms with van der Waals surface area (Å²) >= 11 is 0. The van der Waals surface area contributed by atoms with Gasteiger partial charge in [0.15, 0.2) is 11.5 Å². The van der Waals surface area contributed by atoms with Gasteiger partial charge in [-0.1, -0.05) is 37.6 Å². The van der Waals surface area contributed by atoms with Gasteiger partial charge in [-0.3, -0.25) is 25.0 Å². The van der Waals surface area contributed by atoms with Crippen molar-refractivity contribution < 1.29 is 30.0 Å². The summed E-state index contributed by atoms with van der Waals surface area (Å²) in [7, 11) is 0. The molecule has 0 aromatic heterocycles. The first kappa shape index (κ1) is 19.6. The van der Waals surface area contributed by atoms with Gasteiger partial charge in [0.25, 0.3) is 0 Å². The van der Waals surface area contributed by atoms with Crippen LogP contribution in [0.4, 0.5) is 11.4 Å². The second-order valence-corrected chi connectivity index (χ2v) is 5.82. The van der Waals surface area contributed by atoms with E-state index < -0.39 is 55.2 Å². The summed E-state index contributed by atoms with van der Waals surface area (Å²) in [5, 5.41) is 52.9. The molecule has 0 aliphatic carbocycles. The number of carboxylic acid groups (broad SMARTS) is 1. The average molecular weight is 376 g/mol. The number of rotatable bonds is 7. The molecule has 0 saturated carbocycles. The van der Waals surface area contributed by atoms with Gasteiger partial charge < -0.3 is 15.3 Å². The summed E-state index contributed by atoms with van der Waals surface area (Å²) < 4.78 is 0. The van der Waals surface area contributed by atoms with Gasteiger partial charge in [-0.2, -0.15) is 0 Å². The molecule has 3 N–H and O–H groups in total. The molecule has 0 atom stereocenters. The van der Waals surface area contributed by atoms with Gasteiger partial charge in [0.05, 0.1) is 21.0 Å². The van der Waals surface area contributed by atoms with Crippen LogP contribution in [0.3, 0.4) is 0 Å². The molecule has 0 aliphatic rings. The van der Waals surface area contributed by atoms with E-state index in [9.17, 15) is 40.3 Å². The summed E-state index contributed by atoms with van der Waals surface area (Å²) in [5.74, 6) is -3.10. The fourth-order valence-electron chi connectivity index (χ4n) is 3.26. The zero-order valence-corrected chi connectivity index (χ0v) is 14.2. The van der Waals surface area contributed by atoms with Crippen LogP contribution in [0.25, 0.3) is 0 Å². The number of phenolic OH excluding ortho intramolecular Hbond substituents is 2. The smallest absolute Gasteiger partial charge is 0.319 e. The summed E-state index contributed by atoms with van der Waals surface area (Å²) in [6.45, 7) is 1.61. The molecular weight excluding hydrogens is 360 g/mol. The molecule has 0 saturated heterocycles. The maximum atomic E-state index is 12.4. The number of para-hydroxylation sites is 2. The van der Waals surface area contributed by atoms with Gasteiger partial charge in [0, 0.05) is 0 Å². The van der Waals surface area contributed by atoms with Crippen molar-refractivity contribution >= 4 is 17.3 Å². The molecule has 0 amide bonds. The monoisotopic (exact) mass is 376 g/mol. The molecule has 0 fully saturated rings. The van der Waals surface area contributed by atoms with Crippen LogP contribution in [-0.4, -0.2) is 31.1 Å². The minimum atomic E-state index is -2.23. The molecule has 0 heterocycles. The maximum Gasteiger partial charge on any atom is 0.319 e. The first-order chi connectivity index (χ1) is 12.7. The number of hydrogen-bond acceptors (Lipinski definition) is 7.